The molecule has 106 valence electrons. The van der Waals surface area contributed by atoms with Crippen molar-refractivity contribution in [1.82, 2.24) is 0 Å². The maximum atomic E-state index is 3.72. The predicted molar refractivity (Wildman–Crippen MR) is 84.2 cm³/mol. The van der Waals surface area contributed by atoms with Gasteiger partial charge < -0.3 is 0 Å². The second kappa shape index (κ2) is 7.31. The van der Waals surface area contributed by atoms with E-state index in [0.29, 0.717) is 0 Å². The van der Waals surface area contributed by atoms with Crippen molar-refractivity contribution < 1.29 is 0 Å². The molecule has 0 saturated heterocycles. The molecule has 0 aromatic rings. The van der Waals surface area contributed by atoms with Crippen molar-refractivity contribution in [3.8, 4) is 0 Å². The van der Waals surface area contributed by atoms with Crippen LogP contribution in [0.5, 0.6) is 0 Å². The fourth-order valence-corrected chi connectivity index (χ4v) is 4.95. The summed E-state index contributed by atoms with van der Waals surface area (Å²) in [5, 5.41) is 0. The first-order chi connectivity index (χ1) is 8.69. The van der Waals surface area contributed by atoms with Crippen molar-refractivity contribution in [3.63, 3.8) is 0 Å². The maximum absolute atomic E-state index is 3.72. The first kappa shape index (κ1) is 14.9. The first-order valence-corrected chi connectivity index (χ1v) is 9.24. The molecule has 0 aromatic heterocycles. The van der Waals surface area contributed by atoms with E-state index in [1.54, 1.807) is 12.8 Å². The molecule has 0 aromatic carbocycles. The van der Waals surface area contributed by atoms with Crippen molar-refractivity contribution in [2.24, 2.45) is 23.7 Å². The zero-order chi connectivity index (χ0) is 13.0. The summed E-state index contributed by atoms with van der Waals surface area (Å²) in [7, 11) is 0. The van der Waals surface area contributed by atoms with E-state index in [9.17, 15) is 0 Å². The highest BCUT2D eigenvalue weighted by molar-refractivity contribution is 9.09. The molecule has 2 aliphatic carbocycles. The third-order valence-electron chi connectivity index (χ3n) is 5.68. The largest absolute Gasteiger partial charge is 0.0894 e. The summed E-state index contributed by atoms with van der Waals surface area (Å²) in [5.41, 5.74) is 0. The first-order valence-electron chi connectivity index (χ1n) is 8.33. The van der Waals surface area contributed by atoms with E-state index < -0.39 is 0 Å². The molecular formula is C17H31Br. The summed E-state index contributed by atoms with van der Waals surface area (Å²) >= 11 is 3.72. The second-order valence-electron chi connectivity index (χ2n) is 6.99. The van der Waals surface area contributed by atoms with Crippen molar-refractivity contribution in [2.45, 2.75) is 82.9 Å². The molecule has 0 spiro atoms. The zero-order valence-electron chi connectivity index (χ0n) is 12.3. The maximum Gasteiger partial charge on any atom is 0.0120 e. The van der Waals surface area contributed by atoms with Gasteiger partial charge in [-0.25, -0.2) is 0 Å². The van der Waals surface area contributed by atoms with Gasteiger partial charge in [0, 0.05) is 4.83 Å². The van der Waals surface area contributed by atoms with Gasteiger partial charge in [0.05, 0.1) is 0 Å². The van der Waals surface area contributed by atoms with Crippen LogP contribution in [0.4, 0.5) is 0 Å². The van der Waals surface area contributed by atoms with Gasteiger partial charge in [0.25, 0.3) is 0 Å². The van der Waals surface area contributed by atoms with Crippen LogP contribution in [0.1, 0.15) is 78.1 Å². The van der Waals surface area contributed by atoms with Crippen molar-refractivity contribution in [3.05, 3.63) is 0 Å². The number of alkyl halides is 1. The Morgan fingerprint density at radius 2 is 1.28 bits per heavy atom. The highest BCUT2D eigenvalue weighted by atomic mass is 79.9. The van der Waals surface area contributed by atoms with Crippen LogP contribution in [-0.4, -0.2) is 4.83 Å². The Kier molecular flexibility index (Phi) is 6.04. The van der Waals surface area contributed by atoms with Crippen LogP contribution in [0.3, 0.4) is 0 Å². The molecule has 1 heteroatoms. The number of halogens is 1. The van der Waals surface area contributed by atoms with Crippen LogP contribution in [0.25, 0.3) is 0 Å². The zero-order valence-corrected chi connectivity index (χ0v) is 13.9. The monoisotopic (exact) mass is 314 g/mol. The van der Waals surface area contributed by atoms with E-state index in [4.69, 9.17) is 0 Å². The van der Waals surface area contributed by atoms with Gasteiger partial charge in [0.15, 0.2) is 0 Å². The van der Waals surface area contributed by atoms with Crippen LogP contribution >= 0.6 is 15.9 Å². The molecule has 1 unspecified atom stereocenters. The van der Waals surface area contributed by atoms with Crippen LogP contribution in [0, 0.1) is 23.7 Å². The molecule has 2 aliphatic rings. The standard InChI is InChI=1S/C17H31Br/c1-3-14-4-8-16(9-5-14)17-10-6-15(7-11-17)12-13(2)18/h13-17H,3-12H2,1-2H3. The molecule has 0 amide bonds. The number of rotatable bonds is 4. The molecular weight excluding hydrogens is 284 g/mol. The molecule has 18 heavy (non-hydrogen) atoms. The smallest absolute Gasteiger partial charge is 0.0120 e. The molecule has 0 N–H and O–H groups in total. The van der Waals surface area contributed by atoms with E-state index in [-0.39, 0.29) is 0 Å². The number of hydrogen-bond acceptors (Lipinski definition) is 0. The Bertz CT molecular complexity index is 220. The van der Waals surface area contributed by atoms with Crippen molar-refractivity contribution in [2.75, 3.05) is 0 Å². The minimum atomic E-state index is 0.721. The van der Waals surface area contributed by atoms with Gasteiger partial charge in [-0.3, -0.25) is 0 Å². The summed E-state index contributed by atoms with van der Waals surface area (Å²) in [5.74, 6) is 4.26. The lowest BCUT2D eigenvalue weighted by Crippen LogP contribution is -2.26. The summed E-state index contributed by atoms with van der Waals surface area (Å²) in [4.78, 5) is 0.721. The average Bonchev–Trinajstić information content (AvgIpc) is 2.39. The Labute approximate surface area is 122 Å². The van der Waals surface area contributed by atoms with Gasteiger partial charge in [-0.05, 0) is 55.8 Å². The molecule has 0 radical (unpaired) electrons. The molecule has 2 saturated carbocycles. The topological polar surface area (TPSA) is 0 Å². The lowest BCUT2D eigenvalue weighted by molar-refractivity contribution is 0.143. The van der Waals surface area contributed by atoms with Gasteiger partial charge in [-0.2, -0.15) is 0 Å². The minimum Gasteiger partial charge on any atom is -0.0894 e. The fraction of sp³-hybridized carbons (Fsp3) is 1.00. The van der Waals surface area contributed by atoms with E-state index in [1.807, 2.05) is 0 Å². The summed E-state index contributed by atoms with van der Waals surface area (Å²) in [6.45, 7) is 4.68. The molecule has 0 heterocycles. The van der Waals surface area contributed by atoms with Crippen LogP contribution in [0.15, 0.2) is 0 Å². The lowest BCUT2D eigenvalue weighted by Gasteiger charge is -2.38. The number of hydrogen-bond donors (Lipinski definition) is 0. The van der Waals surface area contributed by atoms with Gasteiger partial charge >= 0.3 is 0 Å². The van der Waals surface area contributed by atoms with Gasteiger partial charge in [-0.15, -0.1) is 0 Å². The summed E-state index contributed by atoms with van der Waals surface area (Å²) in [6, 6.07) is 0. The van der Waals surface area contributed by atoms with Crippen LogP contribution in [0.2, 0.25) is 0 Å². The van der Waals surface area contributed by atoms with E-state index >= 15 is 0 Å². The van der Waals surface area contributed by atoms with Crippen LogP contribution < -0.4 is 0 Å². The van der Waals surface area contributed by atoms with E-state index in [2.05, 4.69) is 29.8 Å². The fourth-order valence-electron chi connectivity index (χ4n) is 4.42. The highest BCUT2D eigenvalue weighted by Gasteiger charge is 2.30. The van der Waals surface area contributed by atoms with E-state index in [0.717, 1.165) is 28.5 Å². The molecule has 0 nitrogen and oxygen atoms in total. The molecule has 1 atom stereocenters. The lowest BCUT2D eigenvalue weighted by atomic mass is 9.68. The molecule has 0 aliphatic heterocycles. The Hall–Kier alpha value is 0.480. The Balaban J connectivity index is 1.70. The summed E-state index contributed by atoms with van der Waals surface area (Å²) < 4.78 is 0. The Morgan fingerprint density at radius 1 is 0.833 bits per heavy atom. The Morgan fingerprint density at radius 3 is 1.67 bits per heavy atom. The minimum absolute atomic E-state index is 0.721. The molecule has 0 bridgehead atoms. The third-order valence-corrected chi connectivity index (χ3v) is 6.06. The SMILES string of the molecule is CCC1CCC(C2CCC(CC(C)Br)CC2)CC1. The van der Waals surface area contributed by atoms with Gasteiger partial charge in [-0.1, -0.05) is 61.9 Å². The second-order valence-corrected chi connectivity index (χ2v) is 8.55. The predicted octanol–water partition coefficient (Wildman–Crippen LogP) is 6.18. The molecule has 2 rings (SSSR count). The van der Waals surface area contributed by atoms with Crippen LogP contribution in [-0.2, 0) is 0 Å². The third kappa shape index (κ3) is 4.25. The highest BCUT2D eigenvalue weighted by Crippen LogP contribution is 2.42. The van der Waals surface area contributed by atoms with Gasteiger partial charge in [0.2, 0.25) is 0 Å². The van der Waals surface area contributed by atoms with Crippen molar-refractivity contribution in [1.29, 1.82) is 0 Å². The van der Waals surface area contributed by atoms with Gasteiger partial charge in [0.1, 0.15) is 0 Å². The average molecular weight is 315 g/mol. The molecule has 2 fully saturated rings. The normalized spacial score (nSPS) is 39.5. The summed E-state index contributed by atoms with van der Waals surface area (Å²) in [6.07, 6.45) is 15.0. The quantitative estimate of drug-likeness (QED) is 0.543. The van der Waals surface area contributed by atoms with E-state index in [1.165, 1.54) is 51.4 Å². The van der Waals surface area contributed by atoms with Crippen molar-refractivity contribution >= 4 is 15.9 Å².